The Morgan fingerprint density at radius 2 is 1.09 bits per heavy atom. The van der Waals surface area contributed by atoms with Gasteiger partial charge in [0.1, 0.15) is 0 Å². The lowest BCUT2D eigenvalue weighted by Gasteiger charge is -2.25. The normalized spacial score (nSPS) is 10.8. The Morgan fingerprint density at radius 3 is 1.32 bits per heavy atom. The van der Waals surface area contributed by atoms with E-state index in [1.807, 2.05) is 24.3 Å². The lowest BCUT2D eigenvalue weighted by Crippen LogP contribution is -2.18. The van der Waals surface area contributed by atoms with Gasteiger partial charge in [-0.1, -0.05) is 82.3 Å². The van der Waals surface area contributed by atoms with Gasteiger partial charge >= 0.3 is 0 Å². The van der Waals surface area contributed by atoms with Crippen LogP contribution in [-0.4, -0.2) is 9.00 Å². The van der Waals surface area contributed by atoms with E-state index in [9.17, 15) is 0 Å². The summed E-state index contributed by atoms with van der Waals surface area (Å²) in [6, 6.07) is 14.5. The minimum absolute atomic E-state index is 0.382. The minimum Gasteiger partial charge on any atom is -0.379 e. The van der Waals surface area contributed by atoms with Crippen molar-refractivity contribution in [1.82, 2.24) is 0 Å². The fourth-order valence-corrected chi connectivity index (χ4v) is 2.89. The standard InChI is InChI=1S/C14H9Cl5.HNO2/c15-11-5-1-9(2-6-11)13(14(17,18)19)10-3-7-12(16)8-4-10;2-1-3/h1-8,13H;(H,2,3). The van der Waals surface area contributed by atoms with Crippen LogP contribution in [0.15, 0.2) is 53.9 Å². The SMILES string of the molecule is Clc1ccc(C(c2ccc(Cl)cc2)C(Cl)(Cl)Cl)cc1.O=NO. The molecule has 118 valence electrons. The van der Waals surface area contributed by atoms with Crippen LogP contribution in [-0.2, 0) is 0 Å². The summed E-state index contributed by atoms with van der Waals surface area (Å²) in [7, 11) is 0. The second kappa shape index (κ2) is 8.80. The maximum Gasteiger partial charge on any atom is 0.201 e. The largest absolute Gasteiger partial charge is 0.379 e. The van der Waals surface area contributed by atoms with E-state index in [1.54, 1.807) is 24.3 Å². The van der Waals surface area contributed by atoms with E-state index < -0.39 is 3.79 Å². The second-order valence-corrected chi connectivity index (χ2v) is 7.40. The minimum atomic E-state index is -1.46. The molecule has 8 heteroatoms. The number of halogens is 5. The molecule has 0 aliphatic heterocycles. The molecule has 2 aromatic rings. The molecule has 0 saturated carbocycles. The molecule has 0 fully saturated rings. The first-order chi connectivity index (χ1) is 10.3. The summed E-state index contributed by atoms with van der Waals surface area (Å²) < 4.78 is -1.46. The smallest absolute Gasteiger partial charge is 0.201 e. The number of rotatable bonds is 2. The first-order valence-electron chi connectivity index (χ1n) is 5.84. The summed E-state index contributed by atoms with van der Waals surface area (Å²) in [6.07, 6.45) is 0. The Hall–Kier alpha value is -0.710. The van der Waals surface area contributed by atoms with Gasteiger partial charge in [0.25, 0.3) is 0 Å². The fraction of sp³-hybridized carbons (Fsp3) is 0.143. The van der Waals surface area contributed by atoms with Gasteiger partial charge in [0.2, 0.25) is 3.79 Å². The van der Waals surface area contributed by atoms with Gasteiger partial charge in [0.05, 0.1) is 5.92 Å². The number of benzene rings is 2. The molecule has 3 nitrogen and oxygen atoms in total. The van der Waals surface area contributed by atoms with E-state index in [-0.39, 0.29) is 5.92 Å². The zero-order chi connectivity index (χ0) is 16.8. The van der Waals surface area contributed by atoms with Gasteiger partial charge in [0.15, 0.2) is 5.34 Å². The molecular weight excluding hydrogens is 391 g/mol. The van der Waals surface area contributed by atoms with Crippen LogP contribution in [0.3, 0.4) is 0 Å². The van der Waals surface area contributed by atoms with E-state index in [0.717, 1.165) is 11.1 Å². The first kappa shape index (κ1) is 19.3. The highest BCUT2D eigenvalue weighted by molar-refractivity contribution is 6.68. The molecule has 0 aliphatic carbocycles. The Bertz CT molecular complexity index is 551. The van der Waals surface area contributed by atoms with Crippen LogP contribution in [0.1, 0.15) is 17.0 Å². The topological polar surface area (TPSA) is 49.7 Å². The molecule has 0 atom stereocenters. The number of alkyl halides is 3. The third-order valence-electron chi connectivity index (χ3n) is 2.73. The predicted octanol–water partition coefficient (Wildman–Crippen LogP) is 6.64. The fourth-order valence-electron chi connectivity index (χ4n) is 1.88. The van der Waals surface area contributed by atoms with Crippen LogP contribution in [0.4, 0.5) is 0 Å². The molecule has 2 rings (SSSR count). The first-order valence-corrected chi connectivity index (χ1v) is 7.73. The lowest BCUT2D eigenvalue weighted by molar-refractivity contribution is 0.312. The van der Waals surface area contributed by atoms with Gasteiger partial charge < -0.3 is 5.21 Å². The average molecular weight is 402 g/mol. The molecule has 1 N–H and O–H groups in total. The summed E-state index contributed by atoms with van der Waals surface area (Å²) in [6.45, 7) is 0. The van der Waals surface area contributed by atoms with Crippen molar-refractivity contribution in [2.75, 3.05) is 0 Å². The van der Waals surface area contributed by atoms with Crippen molar-refractivity contribution in [3.05, 3.63) is 74.6 Å². The van der Waals surface area contributed by atoms with Crippen molar-refractivity contribution >= 4 is 58.0 Å². The van der Waals surface area contributed by atoms with E-state index in [1.165, 1.54) is 5.34 Å². The molecule has 0 radical (unpaired) electrons. The summed E-state index contributed by atoms with van der Waals surface area (Å²) in [5.41, 5.74) is 1.76. The Balaban J connectivity index is 0.000000745. The highest BCUT2D eigenvalue weighted by atomic mass is 35.6. The maximum absolute atomic E-state index is 8.11. The van der Waals surface area contributed by atoms with Crippen LogP contribution in [0.2, 0.25) is 10.0 Å². The third kappa shape index (κ3) is 5.82. The highest BCUT2D eigenvalue weighted by Gasteiger charge is 2.35. The molecule has 22 heavy (non-hydrogen) atoms. The maximum atomic E-state index is 8.11. The van der Waals surface area contributed by atoms with Gasteiger partial charge in [-0.25, -0.2) is 0 Å². The summed E-state index contributed by atoms with van der Waals surface area (Å²) in [5, 5.41) is 9.17. The average Bonchev–Trinajstić information content (AvgIpc) is 2.43. The molecule has 0 spiro atoms. The van der Waals surface area contributed by atoms with E-state index in [0.29, 0.717) is 10.0 Å². The van der Waals surface area contributed by atoms with E-state index in [2.05, 4.69) is 0 Å². The molecule has 0 bridgehead atoms. The zero-order valence-electron chi connectivity index (χ0n) is 10.9. The monoisotopic (exact) mass is 399 g/mol. The van der Waals surface area contributed by atoms with Crippen LogP contribution in [0, 0.1) is 4.91 Å². The molecule has 2 aromatic carbocycles. The number of hydrogen-bond acceptors (Lipinski definition) is 2. The predicted molar refractivity (Wildman–Crippen MR) is 92.6 cm³/mol. The summed E-state index contributed by atoms with van der Waals surface area (Å²) in [5.74, 6) is -0.382. The Labute approximate surface area is 152 Å². The molecule has 0 aliphatic rings. The molecule has 0 saturated heterocycles. The van der Waals surface area contributed by atoms with Crippen LogP contribution < -0.4 is 0 Å². The molecule has 0 aromatic heterocycles. The Morgan fingerprint density at radius 1 is 0.818 bits per heavy atom. The second-order valence-electron chi connectivity index (χ2n) is 4.16. The Kier molecular flexibility index (Phi) is 7.74. The molecule has 0 heterocycles. The third-order valence-corrected chi connectivity index (χ3v) is 3.89. The van der Waals surface area contributed by atoms with Crippen molar-refractivity contribution in [3.8, 4) is 0 Å². The molecular formula is C14H10Cl5NO2. The zero-order valence-corrected chi connectivity index (χ0v) is 14.7. The van der Waals surface area contributed by atoms with Gasteiger partial charge in [-0.05, 0) is 35.4 Å². The van der Waals surface area contributed by atoms with Gasteiger partial charge in [-0.3, -0.25) is 0 Å². The van der Waals surface area contributed by atoms with Crippen LogP contribution in [0.5, 0.6) is 0 Å². The van der Waals surface area contributed by atoms with Gasteiger partial charge in [-0.15, -0.1) is 4.91 Å². The van der Waals surface area contributed by atoms with Crippen molar-refractivity contribution in [3.63, 3.8) is 0 Å². The van der Waals surface area contributed by atoms with Crippen molar-refractivity contribution in [1.29, 1.82) is 0 Å². The summed E-state index contributed by atoms with van der Waals surface area (Å²) in [4.78, 5) is 8.11. The number of hydrogen-bond donors (Lipinski definition) is 1. The lowest BCUT2D eigenvalue weighted by atomic mass is 9.92. The van der Waals surface area contributed by atoms with Crippen LogP contribution >= 0.6 is 58.0 Å². The van der Waals surface area contributed by atoms with Crippen molar-refractivity contribution < 1.29 is 5.21 Å². The van der Waals surface area contributed by atoms with Crippen molar-refractivity contribution in [2.45, 2.75) is 9.71 Å². The van der Waals surface area contributed by atoms with E-state index >= 15 is 0 Å². The molecule has 0 unspecified atom stereocenters. The highest BCUT2D eigenvalue weighted by Crippen LogP contribution is 2.45. The van der Waals surface area contributed by atoms with Crippen molar-refractivity contribution in [2.24, 2.45) is 5.34 Å². The summed E-state index contributed by atoms with van der Waals surface area (Å²) >= 11 is 30.1. The van der Waals surface area contributed by atoms with Crippen LogP contribution in [0.25, 0.3) is 0 Å². The van der Waals surface area contributed by atoms with Gasteiger partial charge in [0, 0.05) is 10.0 Å². The van der Waals surface area contributed by atoms with Gasteiger partial charge in [-0.2, -0.15) is 0 Å². The number of nitrogens with zero attached hydrogens (tertiary/aromatic N) is 1. The molecule has 0 amide bonds. The quantitative estimate of drug-likeness (QED) is 0.348. The van der Waals surface area contributed by atoms with E-state index in [4.69, 9.17) is 68.1 Å².